The van der Waals surface area contributed by atoms with Crippen LogP contribution in [-0.2, 0) is 11.2 Å². The molecule has 1 N–H and O–H groups in total. The molecule has 26 heavy (non-hydrogen) atoms. The van der Waals surface area contributed by atoms with E-state index in [1.165, 1.54) is 30.5 Å². The average Bonchev–Trinajstić information content (AvgIpc) is 3.14. The molecule has 3 rings (SSSR count). The number of nitrogens with zero attached hydrogens (tertiary/aromatic N) is 3. The summed E-state index contributed by atoms with van der Waals surface area (Å²) in [6, 6.07) is 9.73. The van der Waals surface area contributed by atoms with Gasteiger partial charge in [-0.2, -0.15) is 5.10 Å². The molecule has 1 amide bonds. The smallest absolute Gasteiger partial charge is 0.224 e. The molecule has 0 aliphatic rings. The highest BCUT2D eigenvalue weighted by Crippen LogP contribution is 2.24. The van der Waals surface area contributed by atoms with Gasteiger partial charge in [0.1, 0.15) is 12.7 Å². The Bertz CT molecular complexity index is 916. The maximum Gasteiger partial charge on any atom is 0.224 e. The Labute approximate surface area is 154 Å². The van der Waals surface area contributed by atoms with Crippen LogP contribution in [0.5, 0.6) is 5.75 Å². The van der Waals surface area contributed by atoms with Crippen LogP contribution in [0.3, 0.4) is 0 Å². The number of aryl methyl sites for hydroxylation is 1. The van der Waals surface area contributed by atoms with Crippen LogP contribution in [-0.4, -0.2) is 27.8 Å². The standard InChI is InChI=1S/C18H16ClFN4O2/c1-26-17-6-2-12(8-14(17)20)3-7-18(25)23-15-9-13(19)4-5-16(15)24-11-21-10-22-24/h2,4-6,8-11H,3,7H2,1H3,(H,23,25). The van der Waals surface area contributed by atoms with E-state index in [2.05, 4.69) is 15.4 Å². The molecule has 0 fully saturated rings. The van der Waals surface area contributed by atoms with Crippen LogP contribution in [0.25, 0.3) is 5.69 Å². The normalized spacial score (nSPS) is 10.6. The lowest BCUT2D eigenvalue weighted by Crippen LogP contribution is -2.14. The number of halogens is 2. The van der Waals surface area contributed by atoms with Crippen molar-refractivity contribution in [3.63, 3.8) is 0 Å². The van der Waals surface area contributed by atoms with Crippen LogP contribution in [0.1, 0.15) is 12.0 Å². The second kappa shape index (κ2) is 7.97. The number of methoxy groups -OCH3 is 1. The van der Waals surface area contributed by atoms with E-state index in [1.54, 1.807) is 30.3 Å². The van der Waals surface area contributed by atoms with Gasteiger partial charge < -0.3 is 10.1 Å². The van der Waals surface area contributed by atoms with Crippen molar-refractivity contribution in [2.75, 3.05) is 12.4 Å². The second-order valence-corrected chi connectivity index (χ2v) is 5.96. The molecule has 0 aliphatic heterocycles. The zero-order valence-electron chi connectivity index (χ0n) is 13.9. The van der Waals surface area contributed by atoms with Crippen molar-refractivity contribution in [2.24, 2.45) is 0 Å². The summed E-state index contributed by atoms with van der Waals surface area (Å²) < 4.78 is 20.1. The Morgan fingerprint density at radius 2 is 2.15 bits per heavy atom. The van der Waals surface area contributed by atoms with Crippen molar-refractivity contribution in [1.82, 2.24) is 14.8 Å². The molecule has 1 heterocycles. The van der Waals surface area contributed by atoms with Gasteiger partial charge in [0.05, 0.1) is 18.5 Å². The fourth-order valence-electron chi connectivity index (χ4n) is 2.48. The van der Waals surface area contributed by atoms with Gasteiger partial charge in [-0.25, -0.2) is 14.1 Å². The van der Waals surface area contributed by atoms with Gasteiger partial charge in [-0.05, 0) is 42.3 Å². The quantitative estimate of drug-likeness (QED) is 0.715. The largest absolute Gasteiger partial charge is 0.494 e. The molecular weight excluding hydrogens is 359 g/mol. The van der Waals surface area contributed by atoms with Crippen molar-refractivity contribution >= 4 is 23.2 Å². The van der Waals surface area contributed by atoms with Crippen LogP contribution in [0.2, 0.25) is 5.02 Å². The van der Waals surface area contributed by atoms with E-state index in [0.29, 0.717) is 28.4 Å². The van der Waals surface area contributed by atoms with Gasteiger partial charge in [-0.1, -0.05) is 17.7 Å². The van der Waals surface area contributed by atoms with E-state index in [0.717, 1.165) is 0 Å². The number of aromatic nitrogens is 3. The molecule has 3 aromatic rings. The second-order valence-electron chi connectivity index (χ2n) is 5.52. The molecule has 0 bridgehead atoms. The summed E-state index contributed by atoms with van der Waals surface area (Å²) in [6.07, 6.45) is 3.51. The van der Waals surface area contributed by atoms with Crippen molar-refractivity contribution in [3.8, 4) is 11.4 Å². The molecule has 0 spiro atoms. The predicted octanol–water partition coefficient (Wildman–Crippen LogP) is 3.64. The fourth-order valence-corrected chi connectivity index (χ4v) is 2.65. The number of hydrogen-bond donors (Lipinski definition) is 1. The van der Waals surface area contributed by atoms with Gasteiger partial charge in [-0.15, -0.1) is 0 Å². The Hall–Kier alpha value is -2.93. The van der Waals surface area contributed by atoms with Crippen LogP contribution in [0.15, 0.2) is 49.1 Å². The summed E-state index contributed by atoms with van der Waals surface area (Å²) >= 11 is 6.03. The summed E-state index contributed by atoms with van der Waals surface area (Å²) in [5.74, 6) is -0.492. The lowest BCUT2D eigenvalue weighted by molar-refractivity contribution is -0.116. The number of anilines is 1. The SMILES string of the molecule is COc1ccc(CCC(=O)Nc2cc(Cl)ccc2-n2cncn2)cc1F. The van der Waals surface area contributed by atoms with Crippen LogP contribution < -0.4 is 10.1 Å². The number of nitrogens with one attached hydrogen (secondary N) is 1. The van der Waals surface area contributed by atoms with Crippen molar-refractivity contribution in [3.05, 3.63) is 65.5 Å². The van der Waals surface area contributed by atoms with Gasteiger partial charge >= 0.3 is 0 Å². The maximum absolute atomic E-state index is 13.7. The molecular formula is C18H16ClFN4O2. The molecule has 0 saturated carbocycles. The molecule has 0 saturated heterocycles. The third-order valence-corrected chi connectivity index (χ3v) is 3.99. The highest BCUT2D eigenvalue weighted by Gasteiger charge is 2.11. The minimum absolute atomic E-state index is 0.176. The third kappa shape index (κ3) is 4.18. The molecule has 0 radical (unpaired) electrons. The number of carbonyl (C=O) groups excluding carboxylic acids is 1. The first-order chi connectivity index (χ1) is 12.6. The Morgan fingerprint density at radius 1 is 1.31 bits per heavy atom. The minimum atomic E-state index is -0.450. The predicted molar refractivity (Wildman–Crippen MR) is 96.3 cm³/mol. The topological polar surface area (TPSA) is 69.0 Å². The Balaban J connectivity index is 1.69. The number of amides is 1. The van der Waals surface area contributed by atoms with Gasteiger partial charge in [-0.3, -0.25) is 4.79 Å². The molecule has 0 aliphatic carbocycles. The van der Waals surface area contributed by atoms with E-state index >= 15 is 0 Å². The first-order valence-electron chi connectivity index (χ1n) is 7.83. The van der Waals surface area contributed by atoms with E-state index in [9.17, 15) is 9.18 Å². The summed E-state index contributed by atoms with van der Waals surface area (Å²) in [5, 5.41) is 7.37. The lowest BCUT2D eigenvalue weighted by Gasteiger charge is -2.11. The number of hydrogen-bond acceptors (Lipinski definition) is 4. The molecule has 0 unspecified atom stereocenters. The number of carbonyl (C=O) groups is 1. The van der Waals surface area contributed by atoms with Gasteiger partial charge in [0.25, 0.3) is 0 Å². The first-order valence-corrected chi connectivity index (χ1v) is 8.21. The lowest BCUT2D eigenvalue weighted by atomic mass is 10.1. The summed E-state index contributed by atoms with van der Waals surface area (Å²) in [5.41, 5.74) is 1.88. The molecule has 6 nitrogen and oxygen atoms in total. The summed E-state index contributed by atoms with van der Waals surface area (Å²) in [4.78, 5) is 16.2. The van der Waals surface area contributed by atoms with Gasteiger partial charge in [0.2, 0.25) is 5.91 Å². The number of rotatable bonds is 6. The molecule has 0 atom stereocenters. The molecule has 8 heteroatoms. The van der Waals surface area contributed by atoms with E-state index < -0.39 is 5.82 Å². The Kier molecular flexibility index (Phi) is 5.48. The summed E-state index contributed by atoms with van der Waals surface area (Å²) in [7, 11) is 1.41. The van der Waals surface area contributed by atoms with Crippen molar-refractivity contribution in [1.29, 1.82) is 0 Å². The van der Waals surface area contributed by atoms with Gasteiger partial charge in [0, 0.05) is 11.4 Å². The van der Waals surface area contributed by atoms with Gasteiger partial charge in [0.15, 0.2) is 11.6 Å². The number of ether oxygens (including phenoxy) is 1. The van der Waals surface area contributed by atoms with Crippen LogP contribution >= 0.6 is 11.6 Å². The highest BCUT2D eigenvalue weighted by atomic mass is 35.5. The Morgan fingerprint density at radius 3 is 2.85 bits per heavy atom. The van der Waals surface area contributed by atoms with E-state index in [1.807, 2.05) is 0 Å². The van der Waals surface area contributed by atoms with E-state index in [-0.39, 0.29) is 18.1 Å². The molecule has 134 valence electrons. The first kappa shape index (κ1) is 17.9. The van der Waals surface area contributed by atoms with Crippen LogP contribution in [0.4, 0.5) is 10.1 Å². The minimum Gasteiger partial charge on any atom is -0.494 e. The summed E-state index contributed by atoms with van der Waals surface area (Å²) in [6.45, 7) is 0. The molecule has 1 aromatic heterocycles. The highest BCUT2D eigenvalue weighted by molar-refractivity contribution is 6.31. The average molecular weight is 375 g/mol. The van der Waals surface area contributed by atoms with Crippen molar-refractivity contribution in [2.45, 2.75) is 12.8 Å². The van der Waals surface area contributed by atoms with Crippen LogP contribution in [0, 0.1) is 5.82 Å². The van der Waals surface area contributed by atoms with Crippen molar-refractivity contribution < 1.29 is 13.9 Å². The maximum atomic E-state index is 13.7. The number of benzene rings is 2. The zero-order chi connectivity index (χ0) is 18.5. The third-order valence-electron chi connectivity index (χ3n) is 3.76. The molecule has 2 aromatic carbocycles. The van der Waals surface area contributed by atoms with E-state index in [4.69, 9.17) is 16.3 Å². The fraction of sp³-hybridized carbons (Fsp3) is 0.167. The zero-order valence-corrected chi connectivity index (χ0v) is 14.7. The monoisotopic (exact) mass is 374 g/mol.